The molecule has 0 aromatic heterocycles. The van der Waals surface area contributed by atoms with Gasteiger partial charge in [0.25, 0.3) is 0 Å². The van der Waals surface area contributed by atoms with Crippen molar-refractivity contribution < 1.29 is 24.2 Å². The number of esters is 1. The predicted octanol–water partition coefficient (Wildman–Crippen LogP) is 0.920. The number of hydrogen-bond donors (Lipinski definition) is 1. The zero-order chi connectivity index (χ0) is 13.9. The van der Waals surface area contributed by atoms with Gasteiger partial charge in [0.1, 0.15) is 11.6 Å². The van der Waals surface area contributed by atoms with E-state index in [4.69, 9.17) is 4.74 Å². The summed E-state index contributed by atoms with van der Waals surface area (Å²) in [6.45, 7) is 5.56. The van der Waals surface area contributed by atoms with Gasteiger partial charge in [-0.05, 0) is 27.2 Å². The van der Waals surface area contributed by atoms with Crippen LogP contribution in [-0.4, -0.2) is 53.5 Å². The number of rotatable bonds is 1. The van der Waals surface area contributed by atoms with Gasteiger partial charge in [0.05, 0.1) is 13.2 Å². The van der Waals surface area contributed by atoms with E-state index in [1.165, 1.54) is 12.0 Å². The van der Waals surface area contributed by atoms with Crippen LogP contribution in [0.5, 0.6) is 0 Å². The number of nitrogens with zero attached hydrogens (tertiary/aromatic N) is 1. The summed E-state index contributed by atoms with van der Waals surface area (Å²) in [5, 5.41) is 9.61. The Labute approximate surface area is 107 Å². The van der Waals surface area contributed by atoms with E-state index in [1.807, 2.05) is 0 Å². The molecule has 1 rings (SSSR count). The van der Waals surface area contributed by atoms with Gasteiger partial charge in [-0.1, -0.05) is 0 Å². The molecular weight excluding hydrogens is 238 g/mol. The van der Waals surface area contributed by atoms with Crippen LogP contribution in [-0.2, 0) is 14.3 Å². The molecule has 1 aliphatic heterocycles. The smallest absolute Gasteiger partial charge is 0.410 e. The Bertz CT molecular complexity index is 323. The van der Waals surface area contributed by atoms with Crippen molar-refractivity contribution in [3.05, 3.63) is 0 Å². The Kier molecular flexibility index (Phi) is 4.56. The third-order valence-corrected chi connectivity index (χ3v) is 2.66. The Morgan fingerprint density at radius 3 is 2.44 bits per heavy atom. The van der Waals surface area contributed by atoms with Crippen LogP contribution in [0.2, 0.25) is 0 Å². The van der Waals surface area contributed by atoms with E-state index in [9.17, 15) is 14.7 Å². The number of carbonyl (C=O) groups excluding carboxylic acids is 2. The average molecular weight is 259 g/mol. The highest BCUT2D eigenvalue weighted by Crippen LogP contribution is 2.21. The van der Waals surface area contributed by atoms with Gasteiger partial charge < -0.3 is 14.6 Å². The summed E-state index contributed by atoms with van der Waals surface area (Å²) in [4.78, 5) is 24.9. The number of carbonyl (C=O) groups is 2. The molecule has 0 radical (unpaired) electrons. The molecule has 6 nitrogen and oxygen atoms in total. The normalized spacial score (nSPS) is 24.6. The largest absolute Gasteiger partial charge is 0.458 e. The first-order valence-electron chi connectivity index (χ1n) is 6.00. The van der Waals surface area contributed by atoms with Gasteiger partial charge in [-0.15, -0.1) is 0 Å². The molecule has 1 fully saturated rings. The lowest BCUT2D eigenvalue weighted by atomic mass is 10.00. The van der Waals surface area contributed by atoms with Crippen LogP contribution < -0.4 is 0 Å². The Morgan fingerprint density at radius 2 is 1.94 bits per heavy atom. The molecule has 6 heteroatoms. The average Bonchev–Trinajstić information content (AvgIpc) is 2.25. The third-order valence-electron chi connectivity index (χ3n) is 2.66. The number of hydrogen-bond acceptors (Lipinski definition) is 5. The van der Waals surface area contributed by atoms with Gasteiger partial charge in [-0.3, -0.25) is 4.90 Å². The molecule has 18 heavy (non-hydrogen) atoms. The lowest BCUT2D eigenvalue weighted by Gasteiger charge is -2.36. The first-order valence-corrected chi connectivity index (χ1v) is 6.00. The summed E-state index contributed by atoms with van der Waals surface area (Å²) >= 11 is 0. The van der Waals surface area contributed by atoms with E-state index in [1.54, 1.807) is 20.8 Å². The van der Waals surface area contributed by atoms with Crippen LogP contribution in [0.3, 0.4) is 0 Å². The van der Waals surface area contributed by atoms with Crippen molar-refractivity contribution in [3.63, 3.8) is 0 Å². The molecule has 1 saturated heterocycles. The van der Waals surface area contributed by atoms with Crippen molar-refractivity contribution in [3.8, 4) is 0 Å². The Morgan fingerprint density at radius 1 is 1.33 bits per heavy atom. The summed E-state index contributed by atoms with van der Waals surface area (Å²) in [6.07, 6.45) is -0.542. The molecule has 0 saturated carbocycles. The second-order valence-corrected chi connectivity index (χ2v) is 5.39. The van der Waals surface area contributed by atoms with E-state index in [-0.39, 0.29) is 13.0 Å². The molecule has 0 aromatic carbocycles. The second-order valence-electron chi connectivity index (χ2n) is 5.39. The first kappa shape index (κ1) is 14.8. The van der Waals surface area contributed by atoms with Crippen molar-refractivity contribution in [2.45, 2.75) is 51.4 Å². The van der Waals surface area contributed by atoms with Crippen molar-refractivity contribution >= 4 is 12.1 Å². The molecule has 1 N–H and O–H groups in total. The molecule has 104 valence electrons. The number of methoxy groups -OCH3 is 1. The summed E-state index contributed by atoms with van der Waals surface area (Å²) in [7, 11) is 1.26. The minimum atomic E-state index is -0.777. The second kappa shape index (κ2) is 5.56. The first-order chi connectivity index (χ1) is 8.24. The van der Waals surface area contributed by atoms with Crippen molar-refractivity contribution in [1.82, 2.24) is 4.90 Å². The number of piperidine rings is 1. The van der Waals surface area contributed by atoms with E-state index in [0.717, 1.165) is 0 Å². The van der Waals surface area contributed by atoms with Crippen LogP contribution in [0.15, 0.2) is 0 Å². The molecule has 1 amide bonds. The molecule has 1 aliphatic rings. The summed E-state index contributed by atoms with van der Waals surface area (Å²) in [5.74, 6) is -0.508. The number of aliphatic hydroxyl groups is 1. The van der Waals surface area contributed by atoms with E-state index in [2.05, 4.69) is 4.74 Å². The van der Waals surface area contributed by atoms with Crippen LogP contribution in [0.1, 0.15) is 33.6 Å². The lowest BCUT2D eigenvalue weighted by molar-refractivity contribution is -0.163. The molecule has 0 bridgehead atoms. The van der Waals surface area contributed by atoms with E-state index in [0.29, 0.717) is 6.42 Å². The summed E-state index contributed by atoms with van der Waals surface area (Å²) < 4.78 is 9.88. The highest BCUT2D eigenvalue weighted by Gasteiger charge is 2.38. The number of aliphatic hydroxyl groups excluding tert-OH is 1. The highest BCUT2D eigenvalue weighted by molar-refractivity contribution is 5.82. The molecule has 1 heterocycles. The maximum Gasteiger partial charge on any atom is 0.410 e. The van der Waals surface area contributed by atoms with Gasteiger partial charge in [0.15, 0.2) is 0 Å². The fourth-order valence-corrected chi connectivity index (χ4v) is 1.88. The maximum atomic E-state index is 12.0. The molecule has 0 aromatic rings. The third kappa shape index (κ3) is 3.87. The monoisotopic (exact) mass is 259 g/mol. The standard InChI is InChI=1S/C12H21NO5/c1-12(2,3)18-10(15)9-7-8(14)5-6-13(9)11(16)17-4/h8-9,14H,5-7H2,1-4H3/t8-,9-/m1/s1. The van der Waals surface area contributed by atoms with E-state index < -0.39 is 29.8 Å². The van der Waals surface area contributed by atoms with Crippen LogP contribution >= 0.6 is 0 Å². The molecule has 0 unspecified atom stereocenters. The van der Waals surface area contributed by atoms with Crippen molar-refractivity contribution in [2.75, 3.05) is 13.7 Å². The lowest BCUT2D eigenvalue weighted by Crippen LogP contribution is -2.52. The summed E-state index contributed by atoms with van der Waals surface area (Å²) in [6, 6.07) is -0.777. The Hall–Kier alpha value is -1.30. The maximum absolute atomic E-state index is 12.0. The highest BCUT2D eigenvalue weighted by atomic mass is 16.6. The van der Waals surface area contributed by atoms with Crippen molar-refractivity contribution in [2.24, 2.45) is 0 Å². The molecule has 2 atom stereocenters. The molecular formula is C12H21NO5. The van der Waals surface area contributed by atoms with Crippen LogP contribution in [0.4, 0.5) is 4.79 Å². The predicted molar refractivity (Wildman–Crippen MR) is 64.0 cm³/mol. The SMILES string of the molecule is COC(=O)N1CC[C@@H](O)C[C@@H]1C(=O)OC(C)(C)C. The van der Waals surface area contributed by atoms with Gasteiger partial charge in [0, 0.05) is 13.0 Å². The fraction of sp³-hybridized carbons (Fsp3) is 0.833. The van der Waals surface area contributed by atoms with Crippen LogP contribution in [0, 0.1) is 0 Å². The zero-order valence-electron chi connectivity index (χ0n) is 11.3. The van der Waals surface area contributed by atoms with Gasteiger partial charge in [-0.2, -0.15) is 0 Å². The van der Waals surface area contributed by atoms with Gasteiger partial charge in [-0.25, -0.2) is 9.59 Å². The van der Waals surface area contributed by atoms with Crippen molar-refractivity contribution in [1.29, 1.82) is 0 Å². The van der Waals surface area contributed by atoms with Gasteiger partial charge in [0.2, 0.25) is 0 Å². The quantitative estimate of drug-likeness (QED) is 0.709. The number of amides is 1. The summed E-state index contributed by atoms with van der Waals surface area (Å²) in [5.41, 5.74) is -0.624. The minimum absolute atomic E-state index is 0.185. The minimum Gasteiger partial charge on any atom is -0.458 e. The molecule has 0 aliphatic carbocycles. The zero-order valence-corrected chi connectivity index (χ0v) is 11.3. The Balaban J connectivity index is 2.78. The topological polar surface area (TPSA) is 76.1 Å². The number of likely N-dealkylation sites (tertiary alicyclic amines) is 1. The van der Waals surface area contributed by atoms with Gasteiger partial charge >= 0.3 is 12.1 Å². The van der Waals surface area contributed by atoms with Crippen LogP contribution in [0.25, 0.3) is 0 Å². The fourth-order valence-electron chi connectivity index (χ4n) is 1.88. The number of ether oxygens (including phenoxy) is 2. The van der Waals surface area contributed by atoms with E-state index >= 15 is 0 Å². The molecule has 0 spiro atoms.